The lowest BCUT2D eigenvalue weighted by Gasteiger charge is -2.35. The number of ether oxygens (including phenoxy) is 1. The molecule has 1 amide bonds. The van der Waals surface area contributed by atoms with E-state index < -0.39 is 5.60 Å². The van der Waals surface area contributed by atoms with Gasteiger partial charge < -0.3 is 15.4 Å². The van der Waals surface area contributed by atoms with Gasteiger partial charge in [0.05, 0.1) is 0 Å². The van der Waals surface area contributed by atoms with Crippen LogP contribution in [0.2, 0.25) is 0 Å². The Morgan fingerprint density at radius 2 is 1.91 bits per heavy atom. The van der Waals surface area contributed by atoms with Gasteiger partial charge in [-0.1, -0.05) is 6.07 Å². The lowest BCUT2D eigenvalue weighted by atomic mass is 10.1. The van der Waals surface area contributed by atoms with Crippen LogP contribution in [0.3, 0.4) is 0 Å². The van der Waals surface area contributed by atoms with Crippen LogP contribution < -0.4 is 5.73 Å². The van der Waals surface area contributed by atoms with E-state index in [1.807, 2.05) is 20.8 Å². The van der Waals surface area contributed by atoms with Crippen molar-refractivity contribution in [3.63, 3.8) is 0 Å². The number of piperazine rings is 1. The molecule has 0 bridgehead atoms. The Bertz CT molecular complexity index is 549. The first kappa shape index (κ1) is 17.5. The average Bonchev–Trinajstić information content (AvgIpc) is 2.45. The predicted molar refractivity (Wildman–Crippen MR) is 88.8 cm³/mol. The Kier molecular flexibility index (Phi) is 5.46. The van der Waals surface area contributed by atoms with Gasteiger partial charge in [-0.3, -0.25) is 4.90 Å². The van der Waals surface area contributed by atoms with Crippen LogP contribution in [0.4, 0.5) is 14.9 Å². The van der Waals surface area contributed by atoms with E-state index in [0.717, 1.165) is 19.6 Å². The summed E-state index contributed by atoms with van der Waals surface area (Å²) in [6.07, 6.45) is 0.375. The molecule has 2 N–H and O–H groups in total. The molecule has 23 heavy (non-hydrogen) atoms. The van der Waals surface area contributed by atoms with Gasteiger partial charge in [-0.2, -0.15) is 0 Å². The molecule has 1 aliphatic heterocycles. The molecule has 1 aromatic carbocycles. The van der Waals surface area contributed by atoms with Crippen molar-refractivity contribution in [1.82, 2.24) is 9.80 Å². The molecule has 1 saturated heterocycles. The highest BCUT2D eigenvalue weighted by atomic mass is 19.1. The second kappa shape index (κ2) is 7.17. The lowest BCUT2D eigenvalue weighted by molar-refractivity contribution is 0.0146. The summed E-state index contributed by atoms with van der Waals surface area (Å²) in [5.74, 6) is -0.252. The van der Waals surface area contributed by atoms with Gasteiger partial charge in [0.2, 0.25) is 0 Å². The third kappa shape index (κ3) is 5.39. The van der Waals surface area contributed by atoms with Crippen molar-refractivity contribution in [2.75, 3.05) is 38.5 Å². The maximum absolute atomic E-state index is 13.8. The predicted octanol–water partition coefficient (Wildman–Crippen LogP) is 2.50. The van der Waals surface area contributed by atoms with Crippen LogP contribution >= 0.6 is 0 Å². The zero-order chi connectivity index (χ0) is 17.0. The number of nitrogens with two attached hydrogens (primary N) is 1. The van der Waals surface area contributed by atoms with E-state index in [4.69, 9.17) is 10.5 Å². The largest absolute Gasteiger partial charge is 0.444 e. The Morgan fingerprint density at radius 1 is 1.26 bits per heavy atom. The van der Waals surface area contributed by atoms with E-state index in [0.29, 0.717) is 30.8 Å². The number of hydrogen-bond acceptors (Lipinski definition) is 4. The van der Waals surface area contributed by atoms with E-state index in [1.165, 1.54) is 6.07 Å². The fourth-order valence-corrected chi connectivity index (χ4v) is 2.53. The summed E-state index contributed by atoms with van der Waals surface area (Å²) in [5, 5.41) is 0. The van der Waals surface area contributed by atoms with Gasteiger partial charge in [0.1, 0.15) is 11.4 Å². The van der Waals surface area contributed by atoms with Gasteiger partial charge in [-0.25, -0.2) is 9.18 Å². The quantitative estimate of drug-likeness (QED) is 0.868. The third-order valence-electron chi connectivity index (χ3n) is 3.80. The molecule has 1 fully saturated rings. The summed E-state index contributed by atoms with van der Waals surface area (Å²) in [4.78, 5) is 16.0. The first-order valence-corrected chi connectivity index (χ1v) is 7.99. The topological polar surface area (TPSA) is 58.8 Å². The van der Waals surface area contributed by atoms with Gasteiger partial charge in [0.15, 0.2) is 0 Å². The summed E-state index contributed by atoms with van der Waals surface area (Å²) in [6.45, 7) is 9.18. The zero-order valence-corrected chi connectivity index (χ0v) is 14.1. The van der Waals surface area contributed by atoms with Crippen molar-refractivity contribution in [1.29, 1.82) is 0 Å². The fourth-order valence-electron chi connectivity index (χ4n) is 2.53. The number of hydrogen-bond donors (Lipinski definition) is 1. The number of carbonyl (C=O) groups excluding carboxylic acids is 1. The summed E-state index contributed by atoms with van der Waals surface area (Å²) >= 11 is 0. The normalized spacial score (nSPS) is 16.4. The molecule has 0 radical (unpaired) electrons. The number of benzene rings is 1. The second-order valence-electron chi connectivity index (χ2n) is 6.91. The lowest BCUT2D eigenvalue weighted by Crippen LogP contribution is -2.50. The molecular formula is C17H26FN3O2. The Balaban J connectivity index is 1.77. The molecular weight excluding hydrogens is 297 g/mol. The van der Waals surface area contributed by atoms with E-state index >= 15 is 0 Å². The average molecular weight is 323 g/mol. The number of nitrogens with zero attached hydrogens (tertiary/aromatic N) is 2. The number of halogens is 1. The molecule has 1 aliphatic rings. The van der Waals surface area contributed by atoms with Crippen LogP contribution in [0, 0.1) is 5.82 Å². The van der Waals surface area contributed by atoms with E-state index in [-0.39, 0.29) is 11.9 Å². The molecule has 2 rings (SSSR count). The molecule has 0 atom stereocenters. The molecule has 0 spiro atoms. The van der Waals surface area contributed by atoms with Crippen molar-refractivity contribution in [3.8, 4) is 0 Å². The molecule has 1 heterocycles. The molecule has 1 aromatic rings. The minimum atomic E-state index is -0.471. The van der Waals surface area contributed by atoms with Crippen molar-refractivity contribution < 1.29 is 13.9 Å². The highest BCUT2D eigenvalue weighted by Crippen LogP contribution is 2.14. The summed E-state index contributed by atoms with van der Waals surface area (Å²) in [7, 11) is 0. The van der Waals surface area contributed by atoms with Crippen LogP contribution in [0.15, 0.2) is 18.2 Å². The van der Waals surface area contributed by atoms with Crippen LogP contribution in [0.1, 0.15) is 26.3 Å². The smallest absolute Gasteiger partial charge is 0.410 e. The molecule has 0 unspecified atom stereocenters. The SMILES string of the molecule is CC(C)(C)OC(=O)N1CCN(CCc2ccc(N)cc2F)CC1. The first-order chi connectivity index (χ1) is 10.7. The van der Waals surface area contributed by atoms with Gasteiger partial charge in [0.25, 0.3) is 0 Å². The number of nitrogen functional groups attached to an aromatic ring is 1. The monoisotopic (exact) mass is 323 g/mol. The fraction of sp³-hybridized carbons (Fsp3) is 0.588. The molecule has 0 aliphatic carbocycles. The summed E-state index contributed by atoms with van der Waals surface area (Å²) < 4.78 is 19.1. The van der Waals surface area contributed by atoms with Crippen molar-refractivity contribution in [2.45, 2.75) is 32.8 Å². The Labute approximate surface area is 137 Å². The molecule has 128 valence electrons. The zero-order valence-electron chi connectivity index (χ0n) is 14.1. The van der Waals surface area contributed by atoms with Crippen LogP contribution in [-0.2, 0) is 11.2 Å². The van der Waals surface area contributed by atoms with E-state index in [9.17, 15) is 9.18 Å². The number of carbonyl (C=O) groups is 1. The summed E-state index contributed by atoms with van der Waals surface area (Å²) in [5.41, 5.74) is 6.20. The second-order valence-corrected chi connectivity index (χ2v) is 6.91. The van der Waals surface area contributed by atoms with Crippen molar-refractivity contribution in [3.05, 3.63) is 29.6 Å². The van der Waals surface area contributed by atoms with Gasteiger partial charge in [0, 0.05) is 38.4 Å². The number of rotatable bonds is 3. The Morgan fingerprint density at radius 3 is 2.48 bits per heavy atom. The van der Waals surface area contributed by atoms with Crippen LogP contribution in [0.5, 0.6) is 0 Å². The number of anilines is 1. The minimum absolute atomic E-state index is 0.252. The standard InChI is InChI=1S/C17H26FN3O2/c1-17(2,3)23-16(22)21-10-8-20(9-11-21)7-6-13-4-5-14(19)12-15(13)18/h4-5,12H,6-11,19H2,1-3H3. The molecule has 0 aromatic heterocycles. The van der Waals surface area contributed by atoms with Gasteiger partial charge >= 0.3 is 6.09 Å². The summed E-state index contributed by atoms with van der Waals surface area (Å²) in [6, 6.07) is 4.82. The van der Waals surface area contributed by atoms with Crippen molar-refractivity contribution in [2.24, 2.45) is 0 Å². The molecule has 6 heteroatoms. The first-order valence-electron chi connectivity index (χ1n) is 7.99. The molecule has 5 nitrogen and oxygen atoms in total. The van der Waals surface area contributed by atoms with Crippen LogP contribution in [0.25, 0.3) is 0 Å². The van der Waals surface area contributed by atoms with Gasteiger partial charge in [-0.05, 0) is 44.9 Å². The van der Waals surface area contributed by atoms with Gasteiger partial charge in [-0.15, -0.1) is 0 Å². The van der Waals surface area contributed by atoms with Crippen molar-refractivity contribution >= 4 is 11.8 Å². The van der Waals surface area contributed by atoms with Crippen LogP contribution in [-0.4, -0.2) is 54.2 Å². The maximum Gasteiger partial charge on any atom is 0.410 e. The minimum Gasteiger partial charge on any atom is -0.444 e. The Hall–Kier alpha value is -1.82. The van der Waals surface area contributed by atoms with E-state index in [2.05, 4.69) is 4.90 Å². The number of amides is 1. The highest BCUT2D eigenvalue weighted by molar-refractivity contribution is 5.68. The maximum atomic E-state index is 13.8. The van der Waals surface area contributed by atoms with E-state index in [1.54, 1.807) is 17.0 Å². The molecule has 0 saturated carbocycles. The highest BCUT2D eigenvalue weighted by Gasteiger charge is 2.25. The third-order valence-corrected chi connectivity index (χ3v) is 3.80.